The molecule has 0 spiro atoms. The third-order valence-corrected chi connectivity index (χ3v) is 6.32. The Morgan fingerprint density at radius 3 is 2.40 bits per heavy atom. The molecule has 0 amide bonds. The summed E-state index contributed by atoms with van der Waals surface area (Å²) in [5.41, 5.74) is 4.06. The Hall–Kier alpha value is -2.97. The molecule has 0 saturated heterocycles. The SMILES string of the molecule is CC(C)n1cnc(S(=O)(=O)NC[C@H]2CC(c3ccc(-c4ccccc4)cc3)=NO2)c1. The van der Waals surface area contributed by atoms with Crippen molar-refractivity contribution in [1.82, 2.24) is 14.3 Å². The van der Waals surface area contributed by atoms with Crippen LogP contribution in [0.15, 0.2) is 77.3 Å². The number of hydrogen-bond acceptors (Lipinski definition) is 5. The Morgan fingerprint density at radius 2 is 1.73 bits per heavy atom. The largest absolute Gasteiger partial charge is 0.390 e. The van der Waals surface area contributed by atoms with E-state index in [1.807, 2.05) is 56.3 Å². The van der Waals surface area contributed by atoms with Gasteiger partial charge in [0.2, 0.25) is 0 Å². The van der Waals surface area contributed by atoms with E-state index in [0.29, 0.717) is 6.42 Å². The fourth-order valence-electron chi connectivity index (χ4n) is 3.21. The Labute approximate surface area is 176 Å². The molecule has 0 unspecified atom stereocenters. The molecule has 8 heteroatoms. The first-order valence-corrected chi connectivity index (χ1v) is 11.3. The van der Waals surface area contributed by atoms with Crippen molar-refractivity contribution in [1.29, 1.82) is 0 Å². The lowest BCUT2D eigenvalue weighted by molar-refractivity contribution is 0.0891. The number of aromatic nitrogens is 2. The zero-order chi connectivity index (χ0) is 21.1. The van der Waals surface area contributed by atoms with Gasteiger partial charge in [0, 0.05) is 18.7 Å². The van der Waals surface area contributed by atoms with E-state index in [2.05, 4.69) is 27.0 Å². The van der Waals surface area contributed by atoms with Crippen molar-refractivity contribution in [3.8, 4) is 11.1 Å². The number of nitrogens with zero attached hydrogens (tertiary/aromatic N) is 3. The van der Waals surface area contributed by atoms with E-state index in [0.717, 1.165) is 22.4 Å². The second-order valence-corrected chi connectivity index (χ2v) is 9.23. The van der Waals surface area contributed by atoms with Crippen LogP contribution in [0.25, 0.3) is 11.1 Å². The highest BCUT2D eigenvalue weighted by Crippen LogP contribution is 2.22. The predicted molar refractivity (Wildman–Crippen MR) is 116 cm³/mol. The molecule has 156 valence electrons. The van der Waals surface area contributed by atoms with Gasteiger partial charge >= 0.3 is 0 Å². The summed E-state index contributed by atoms with van der Waals surface area (Å²) in [7, 11) is -3.69. The lowest BCUT2D eigenvalue weighted by Crippen LogP contribution is -2.32. The first-order valence-electron chi connectivity index (χ1n) is 9.84. The molecular weight excluding hydrogens is 400 g/mol. The van der Waals surface area contributed by atoms with E-state index in [1.54, 1.807) is 4.57 Å². The molecule has 2 heterocycles. The molecule has 1 atom stereocenters. The van der Waals surface area contributed by atoms with Gasteiger partial charge in [-0.15, -0.1) is 0 Å². The van der Waals surface area contributed by atoms with Gasteiger partial charge in [0.05, 0.1) is 18.6 Å². The first kappa shape index (κ1) is 20.3. The molecule has 3 aromatic rings. The van der Waals surface area contributed by atoms with Gasteiger partial charge in [0.1, 0.15) is 6.10 Å². The molecule has 1 aliphatic rings. The summed E-state index contributed by atoms with van der Waals surface area (Å²) in [6.45, 7) is 4.05. The number of sulfonamides is 1. The third kappa shape index (κ3) is 4.44. The Morgan fingerprint density at radius 1 is 1.07 bits per heavy atom. The minimum atomic E-state index is -3.69. The lowest BCUT2D eigenvalue weighted by Gasteiger charge is -2.09. The van der Waals surface area contributed by atoms with Crippen LogP contribution in [0.2, 0.25) is 0 Å². The molecule has 0 saturated carbocycles. The van der Waals surface area contributed by atoms with Gasteiger partial charge in [-0.1, -0.05) is 59.8 Å². The van der Waals surface area contributed by atoms with Crippen molar-refractivity contribution in [2.24, 2.45) is 5.16 Å². The second kappa shape index (κ2) is 8.41. The monoisotopic (exact) mass is 424 g/mol. The molecule has 2 aromatic carbocycles. The van der Waals surface area contributed by atoms with E-state index in [-0.39, 0.29) is 23.7 Å². The predicted octanol–water partition coefficient (Wildman–Crippen LogP) is 3.60. The summed E-state index contributed by atoms with van der Waals surface area (Å²) in [5, 5.41) is 4.16. The zero-order valence-electron chi connectivity index (χ0n) is 16.9. The van der Waals surface area contributed by atoms with Gasteiger partial charge in [-0.05, 0) is 30.5 Å². The van der Waals surface area contributed by atoms with Crippen LogP contribution >= 0.6 is 0 Å². The van der Waals surface area contributed by atoms with Crippen molar-refractivity contribution < 1.29 is 13.3 Å². The van der Waals surface area contributed by atoms with Crippen LogP contribution in [0.3, 0.4) is 0 Å². The maximum Gasteiger partial charge on any atom is 0.259 e. The van der Waals surface area contributed by atoms with E-state index in [4.69, 9.17) is 4.84 Å². The summed E-state index contributed by atoms with van der Waals surface area (Å²) >= 11 is 0. The first-order chi connectivity index (χ1) is 14.4. The van der Waals surface area contributed by atoms with Crippen molar-refractivity contribution in [2.45, 2.75) is 37.4 Å². The van der Waals surface area contributed by atoms with E-state index < -0.39 is 10.0 Å². The summed E-state index contributed by atoms with van der Waals surface area (Å²) < 4.78 is 29.3. The highest BCUT2D eigenvalue weighted by atomic mass is 32.2. The lowest BCUT2D eigenvalue weighted by atomic mass is 10.0. The van der Waals surface area contributed by atoms with Crippen LogP contribution in [0.5, 0.6) is 0 Å². The van der Waals surface area contributed by atoms with Gasteiger partial charge < -0.3 is 9.40 Å². The molecule has 1 N–H and O–H groups in total. The highest BCUT2D eigenvalue weighted by Gasteiger charge is 2.25. The fourth-order valence-corrected chi connectivity index (χ4v) is 4.21. The fraction of sp³-hybridized carbons (Fsp3) is 0.273. The molecule has 0 radical (unpaired) electrons. The summed E-state index contributed by atoms with van der Waals surface area (Å²) in [5.74, 6) is 0. The smallest absolute Gasteiger partial charge is 0.259 e. The van der Waals surface area contributed by atoms with Crippen molar-refractivity contribution >= 4 is 15.7 Å². The summed E-state index contributed by atoms with van der Waals surface area (Å²) in [6.07, 6.45) is 3.23. The molecular formula is C22H24N4O3S. The van der Waals surface area contributed by atoms with Gasteiger partial charge in [-0.3, -0.25) is 0 Å². The molecule has 0 bridgehead atoms. The van der Waals surface area contributed by atoms with Crippen LogP contribution in [-0.4, -0.2) is 36.3 Å². The van der Waals surface area contributed by atoms with Gasteiger partial charge in [0.15, 0.2) is 5.03 Å². The van der Waals surface area contributed by atoms with Crippen molar-refractivity contribution in [3.05, 3.63) is 72.7 Å². The number of nitrogens with one attached hydrogen (secondary N) is 1. The Bertz CT molecular complexity index is 1140. The standard InChI is InChI=1S/C22H24N4O3S/c1-16(2)26-14-22(23-15-26)30(27,28)24-13-20-12-21(25-29-20)19-10-8-18(9-11-19)17-6-4-3-5-7-17/h3-11,14-16,20,24H,12-13H2,1-2H3/t20-/m1/s1. The maximum absolute atomic E-state index is 12.5. The number of oxime groups is 1. The highest BCUT2D eigenvalue weighted by molar-refractivity contribution is 7.89. The maximum atomic E-state index is 12.5. The molecule has 1 aromatic heterocycles. The van der Waals surface area contributed by atoms with E-state index in [9.17, 15) is 8.42 Å². The van der Waals surface area contributed by atoms with Crippen LogP contribution in [-0.2, 0) is 14.9 Å². The van der Waals surface area contributed by atoms with Crippen LogP contribution in [0.4, 0.5) is 0 Å². The molecule has 0 fully saturated rings. The van der Waals surface area contributed by atoms with E-state index in [1.165, 1.54) is 12.5 Å². The third-order valence-electron chi connectivity index (χ3n) is 5.01. The van der Waals surface area contributed by atoms with Gasteiger partial charge in [-0.2, -0.15) is 0 Å². The minimum absolute atomic E-state index is 0.00633. The molecule has 1 aliphatic heterocycles. The van der Waals surface area contributed by atoms with Gasteiger partial charge in [0.25, 0.3) is 10.0 Å². The molecule has 4 rings (SSSR count). The number of imidazole rings is 1. The Kier molecular flexibility index (Phi) is 5.69. The average molecular weight is 425 g/mol. The Balaban J connectivity index is 1.35. The van der Waals surface area contributed by atoms with Crippen LogP contribution in [0.1, 0.15) is 31.9 Å². The number of rotatable bonds is 7. The minimum Gasteiger partial charge on any atom is -0.390 e. The van der Waals surface area contributed by atoms with Crippen LogP contribution in [0, 0.1) is 0 Å². The average Bonchev–Trinajstić information content (AvgIpc) is 3.44. The van der Waals surface area contributed by atoms with Crippen molar-refractivity contribution in [3.63, 3.8) is 0 Å². The number of hydrogen-bond donors (Lipinski definition) is 1. The van der Waals surface area contributed by atoms with Gasteiger partial charge in [-0.25, -0.2) is 18.1 Å². The second-order valence-electron chi connectivity index (χ2n) is 7.52. The normalized spacial score (nSPS) is 16.5. The van der Waals surface area contributed by atoms with Crippen molar-refractivity contribution in [2.75, 3.05) is 6.54 Å². The summed E-state index contributed by atoms with van der Waals surface area (Å²) in [4.78, 5) is 9.44. The van der Waals surface area contributed by atoms with Crippen LogP contribution < -0.4 is 4.72 Å². The van der Waals surface area contributed by atoms with E-state index >= 15 is 0 Å². The molecule has 0 aliphatic carbocycles. The molecule has 7 nitrogen and oxygen atoms in total. The topological polar surface area (TPSA) is 85.6 Å². The number of benzene rings is 2. The zero-order valence-corrected chi connectivity index (χ0v) is 17.7. The summed E-state index contributed by atoms with van der Waals surface area (Å²) in [6, 6.07) is 18.4. The molecule has 30 heavy (non-hydrogen) atoms. The quantitative estimate of drug-likeness (QED) is 0.628.